The van der Waals surface area contributed by atoms with Crippen LogP contribution in [0.2, 0.25) is 0 Å². The Balaban J connectivity index is 0.000000105. The molecule has 0 aliphatic carbocycles. The number of benzene rings is 24. The Morgan fingerprint density at radius 1 is 0.116 bits per heavy atom. The lowest BCUT2D eigenvalue weighted by atomic mass is 9.85. The zero-order valence-corrected chi connectivity index (χ0v) is 70.3. The summed E-state index contributed by atoms with van der Waals surface area (Å²) in [6, 6.07) is 170. The van der Waals surface area contributed by atoms with Crippen LogP contribution in [0.15, 0.2) is 486 Å². The predicted octanol–water partition coefficient (Wildman–Crippen LogP) is 36.1. The van der Waals surface area contributed by atoms with E-state index < -0.39 is 0 Å². The minimum Gasteiger partial charge on any atom is -0.456 e. The molecule has 600 valence electrons. The molecule has 3 nitrogen and oxygen atoms in total. The maximum absolute atomic E-state index is 6.70. The molecule has 0 aliphatic heterocycles. The van der Waals surface area contributed by atoms with Gasteiger partial charge in [-0.25, -0.2) is 0 Å². The van der Waals surface area contributed by atoms with Crippen LogP contribution in [0.4, 0.5) is 0 Å². The summed E-state index contributed by atoms with van der Waals surface area (Å²) < 4.78 is 19.5. The second kappa shape index (κ2) is 31.1. The van der Waals surface area contributed by atoms with Crippen molar-refractivity contribution in [2.45, 2.75) is 0 Å². The van der Waals surface area contributed by atoms with E-state index in [4.69, 9.17) is 13.3 Å². The minimum atomic E-state index is 0.914. The Kier molecular flexibility index (Phi) is 18.0. The Hall–Kier alpha value is -17.0. The van der Waals surface area contributed by atoms with Crippen LogP contribution < -0.4 is 0 Å². The van der Waals surface area contributed by atoms with Gasteiger partial charge in [0.25, 0.3) is 0 Å². The quantitative estimate of drug-likeness (QED) is 0.135. The van der Waals surface area contributed by atoms with Crippen LogP contribution >= 0.6 is 0 Å². The SMILES string of the molecule is c1ccc(-c2c3ccccc3c(-c3cccc(-c4ccc5c(c4)oc4ccc6ccccc6c45)c3)c3ccccc23)cc1.c1ccc(-c2c3ccccc3c(-c3cccc(-c4cccc5c4oc4c6ccccc6ccc54)c3)c3ccccc23)cc1.c1ccc(-c2c3ccccc3c(-c3cccc(-c4cccc5oc6ccc7ccccc7c6c45)c3)c3ccccc23)cc1. The average Bonchev–Trinajstić information content (AvgIpc) is 1.70. The first-order valence-corrected chi connectivity index (χ1v) is 44.3. The van der Waals surface area contributed by atoms with Crippen LogP contribution in [0, 0.1) is 0 Å². The van der Waals surface area contributed by atoms with Crippen molar-refractivity contribution in [1.82, 2.24) is 0 Å². The van der Waals surface area contributed by atoms with Crippen LogP contribution in [0.3, 0.4) is 0 Å². The topological polar surface area (TPSA) is 39.4 Å². The molecule has 27 rings (SSSR count). The van der Waals surface area contributed by atoms with Crippen molar-refractivity contribution in [1.29, 1.82) is 0 Å². The van der Waals surface area contributed by atoms with Gasteiger partial charge in [0.2, 0.25) is 0 Å². The molecule has 0 atom stereocenters. The fourth-order valence-corrected chi connectivity index (χ4v) is 20.9. The highest BCUT2D eigenvalue weighted by Gasteiger charge is 2.25. The molecule has 24 aromatic carbocycles. The van der Waals surface area contributed by atoms with Gasteiger partial charge in [0.15, 0.2) is 0 Å². The molecule has 0 spiro atoms. The monoisotopic (exact) mass is 1640 g/mol. The Bertz CT molecular complexity index is 9010. The second-order valence-electron chi connectivity index (χ2n) is 33.7. The molecule has 3 heteroatoms. The molecule has 0 fully saturated rings. The van der Waals surface area contributed by atoms with E-state index in [1.807, 2.05) is 0 Å². The van der Waals surface area contributed by atoms with Gasteiger partial charge in [0.1, 0.15) is 33.5 Å². The lowest BCUT2D eigenvalue weighted by molar-refractivity contribution is 0.669. The first-order valence-electron chi connectivity index (χ1n) is 44.3. The number of rotatable bonds is 9. The van der Waals surface area contributed by atoms with Crippen molar-refractivity contribution in [3.8, 4) is 100 Å². The van der Waals surface area contributed by atoms with Crippen molar-refractivity contribution in [2.75, 3.05) is 0 Å². The highest BCUT2D eigenvalue weighted by atomic mass is 16.3. The molecule has 129 heavy (non-hydrogen) atoms. The van der Waals surface area contributed by atoms with Gasteiger partial charge in [-0.3, -0.25) is 0 Å². The first kappa shape index (κ1) is 74.6. The number of fused-ring (bicyclic) bond motifs is 21. The first-order chi connectivity index (χ1) is 64.0. The van der Waals surface area contributed by atoms with E-state index in [0.717, 1.165) is 71.7 Å². The van der Waals surface area contributed by atoms with E-state index >= 15 is 0 Å². The third kappa shape index (κ3) is 12.6. The molecule has 0 radical (unpaired) electrons. The molecule has 3 aromatic heterocycles. The van der Waals surface area contributed by atoms with Gasteiger partial charge < -0.3 is 13.3 Å². The summed E-state index contributed by atoms with van der Waals surface area (Å²) in [5, 5.41) is 29.4. The fraction of sp³-hybridized carbons (Fsp3) is 0. The molecular weight excluding hydrogens is 1560 g/mol. The van der Waals surface area contributed by atoms with E-state index in [0.29, 0.717) is 0 Å². The maximum atomic E-state index is 6.70. The van der Waals surface area contributed by atoms with Crippen molar-refractivity contribution in [2.24, 2.45) is 0 Å². The Labute approximate surface area is 744 Å². The van der Waals surface area contributed by atoms with Crippen molar-refractivity contribution in [3.05, 3.63) is 473 Å². The van der Waals surface area contributed by atoms with E-state index in [1.54, 1.807) is 0 Å². The molecule has 0 bridgehead atoms. The molecule has 0 saturated heterocycles. The van der Waals surface area contributed by atoms with Crippen LogP contribution in [0.1, 0.15) is 0 Å². The van der Waals surface area contributed by atoms with Crippen molar-refractivity contribution >= 4 is 163 Å². The summed E-state index contributed by atoms with van der Waals surface area (Å²) in [4.78, 5) is 0. The lowest BCUT2D eigenvalue weighted by Gasteiger charge is -2.18. The van der Waals surface area contributed by atoms with Gasteiger partial charge in [0.05, 0.1) is 0 Å². The normalized spacial score (nSPS) is 11.7. The Morgan fingerprint density at radius 3 is 0.853 bits per heavy atom. The molecule has 0 unspecified atom stereocenters. The van der Waals surface area contributed by atoms with E-state index in [1.165, 1.54) is 191 Å². The zero-order valence-electron chi connectivity index (χ0n) is 70.3. The van der Waals surface area contributed by atoms with Gasteiger partial charge in [-0.2, -0.15) is 0 Å². The van der Waals surface area contributed by atoms with Gasteiger partial charge in [-0.1, -0.05) is 419 Å². The fourth-order valence-electron chi connectivity index (χ4n) is 20.9. The van der Waals surface area contributed by atoms with Gasteiger partial charge in [0, 0.05) is 43.3 Å². The van der Waals surface area contributed by atoms with Crippen LogP contribution in [0.25, 0.3) is 263 Å². The molecule has 0 saturated carbocycles. The summed E-state index contributed by atoms with van der Waals surface area (Å²) in [6.07, 6.45) is 0. The summed E-state index contributed by atoms with van der Waals surface area (Å²) in [5.74, 6) is 0. The van der Waals surface area contributed by atoms with Gasteiger partial charge in [-0.05, 0) is 241 Å². The summed E-state index contributed by atoms with van der Waals surface area (Å²) in [7, 11) is 0. The molecule has 0 aliphatic rings. The van der Waals surface area contributed by atoms with E-state index in [-0.39, 0.29) is 0 Å². The van der Waals surface area contributed by atoms with Crippen LogP contribution in [0.5, 0.6) is 0 Å². The van der Waals surface area contributed by atoms with Crippen molar-refractivity contribution in [3.63, 3.8) is 0 Å². The molecule has 27 aromatic rings. The number of furan rings is 3. The number of hydrogen-bond donors (Lipinski definition) is 0. The van der Waals surface area contributed by atoms with E-state index in [9.17, 15) is 0 Å². The summed E-state index contributed by atoms with van der Waals surface area (Å²) in [6.45, 7) is 0. The van der Waals surface area contributed by atoms with Gasteiger partial charge >= 0.3 is 0 Å². The molecule has 0 amide bonds. The lowest BCUT2D eigenvalue weighted by Crippen LogP contribution is -1.91. The van der Waals surface area contributed by atoms with Crippen molar-refractivity contribution < 1.29 is 13.3 Å². The predicted molar refractivity (Wildman–Crippen MR) is 548 cm³/mol. The number of hydrogen-bond acceptors (Lipinski definition) is 3. The smallest absolute Gasteiger partial charge is 0.143 e. The summed E-state index contributed by atoms with van der Waals surface area (Å²) >= 11 is 0. The zero-order chi connectivity index (χ0) is 85.0. The molecular formula is C126H78O3. The standard InChI is InChI=1S/3C42H26O/c1-2-13-28(14-3-1)39-33-18-6-8-20-35(33)40(36-21-9-7-19-34(36)39)30-16-10-15-29(26-30)32-22-11-23-37-42(32)41-31-17-5-4-12-27(31)24-25-38(41)43-37;1-2-13-28(14-3-1)39-33-18-6-8-20-35(33)40(36-21-9-7-19-34(36)39)30-16-10-15-29(26-30)32-22-11-23-37-38-25-24-27-12-4-5-17-31(27)41(38)43-42(32)37;1-2-12-28(13-3-1)40-33-17-6-8-19-35(33)41(36-20-9-7-18-34(36)40)31-15-10-14-29(25-31)30-21-23-37-39(26-30)43-38-24-22-27-11-4-5-16-32(27)42(37)38/h3*1-26H. The minimum absolute atomic E-state index is 0.914. The number of para-hydroxylation sites is 1. The largest absolute Gasteiger partial charge is 0.456 e. The highest BCUT2D eigenvalue weighted by molar-refractivity contribution is 6.28. The van der Waals surface area contributed by atoms with Gasteiger partial charge in [-0.15, -0.1) is 0 Å². The summed E-state index contributed by atoms with van der Waals surface area (Å²) in [5.41, 5.74) is 27.5. The highest BCUT2D eigenvalue weighted by Crippen LogP contribution is 2.51. The third-order valence-electron chi connectivity index (χ3n) is 26.5. The van der Waals surface area contributed by atoms with Crippen LogP contribution in [-0.2, 0) is 0 Å². The third-order valence-corrected chi connectivity index (χ3v) is 26.5. The average molecular weight is 1640 g/mol. The molecule has 0 N–H and O–H groups in total. The Morgan fingerprint density at radius 2 is 0.395 bits per heavy atom. The maximum Gasteiger partial charge on any atom is 0.143 e. The van der Waals surface area contributed by atoms with E-state index in [2.05, 4.69) is 473 Å². The second-order valence-corrected chi connectivity index (χ2v) is 33.7. The van der Waals surface area contributed by atoms with Crippen LogP contribution in [-0.4, -0.2) is 0 Å². The molecule has 3 heterocycles.